The van der Waals surface area contributed by atoms with E-state index >= 15 is 0 Å². The van der Waals surface area contributed by atoms with E-state index in [1.165, 1.54) is 27.8 Å². The monoisotopic (exact) mass is 595 g/mol. The molecule has 0 aliphatic carbocycles. The molecule has 2 atom stereocenters. The molecule has 10 nitrogen and oxygen atoms in total. The smallest absolute Gasteiger partial charge is 0.489 e. The Labute approximate surface area is 243 Å². The van der Waals surface area contributed by atoms with E-state index < -0.39 is 42.0 Å². The topological polar surface area (TPSA) is 142 Å². The average Bonchev–Trinajstić information content (AvgIpc) is 3.52. The number of nitrogens with zero attached hydrogens (tertiary/aromatic N) is 2. The Hall–Kier alpha value is -5.04. The summed E-state index contributed by atoms with van der Waals surface area (Å²) in [5, 5.41) is 3.25. The summed E-state index contributed by atoms with van der Waals surface area (Å²) < 4.78 is 48.8. The van der Waals surface area contributed by atoms with Crippen molar-refractivity contribution in [3.05, 3.63) is 90.1 Å². The number of primary amides is 1. The van der Waals surface area contributed by atoms with Gasteiger partial charge in [0.25, 0.3) is 0 Å². The fourth-order valence-electron chi connectivity index (χ4n) is 5.08. The summed E-state index contributed by atoms with van der Waals surface area (Å²) in [6.07, 6.45) is -3.55. The largest absolute Gasteiger partial charge is 0.573 e. The number of fused-ring (bicyclic) bond motifs is 1. The zero-order chi connectivity index (χ0) is 30.7. The minimum atomic E-state index is -4.87. The number of urea groups is 1. The first-order valence-electron chi connectivity index (χ1n) is 13.3. The van der Waals surface area contributed by atoms with E-state index in [2.05, 4.69) is 10.1 Å². The Balaban J connectivity index is 1.32. The van der Waals surface area contributed by atoms with Gasteiger partial charge in [-0.1, -0.05) is 42.5 Å². The lowest BCUT2D eigenvalue weighted by molar-refractivity contribution is -0.274. The van der Waals surface area contributed by atoms with Crippen LogP contribution in [-0.4, -0.2) is 52.3 Å². The molecule has 1 aliphatic heterocycles. The molecule has 4 aromatic rings. The van der Waals surface area contributed by atoms with E-state index in [0.29, 0.717) is 28.8 Å². The summed E-state index contributed by atoms with van der Waals surface area (Å²) in [6, 6.07) is 16.8. The van der Waals surface area contributed by atoms with Gasteiger partial charge in [0.05, 0.1) is 17.2 Å². The van der Waals surface area contributed by atoms with Crippen LogP contribution in [0.15, 0.2) is 79.0 Å². The van der Waals surface area contributed by atoms with Crippen LogP contribution in [0.5, 0.6) is 11.5 Å². The molecule has 0 radical (unpaired) electrons. The zero-order valence-corrected chi connectivity index (χ0v) is 22.7. The molecular weight excluding hydrogens is 567 g/mol. The van der Waals surface area contributed by atoms with Gasteiger partial charge in [-0.2, -0.15) is 0 Å². The van der Waals surface area contributed by atoms with Crippen molar-refractivity contribution in [3.63, 3.8) is 0 Å². The predicted octanol–water partition coefficient (Wildman–Crippen LogP) is 4.79. The van der Waals surface area contributed by atoms with E-state index in [9.17, 15) is 27.6 Å². The SMILES string of the molecule is NC(=O)n1cc(NC(=O)N2C[C@@H](N)C[C@H]2C(=O)Cc2cccc(OC(F)(F)F)c2)c2ccc(OCc3ccccc3)cc21. The van der Waals surface area contributed by atoms with Gasteiger partial charge in [0, 0.05) is 36.7 Å². The first kappa shape index (κ1) is 29.5. The van der Waals surface area contributed by atoms with Crippen molar-refractivity contribution in [1.82, 2.24) is 9.47 Å². The number of rotatable bonds is 8. The molecule has 13 heteroatoms. The molecule has 2 heterocycles. The van der Waals surface area contributed by atoms with E-state index in [1.807, 2.05) is 30.3 Å². The second kappa shape index (κ2) is 12.1. The molecule has 43 heavy (non-hydrogen) atoms. The fourth-order valence-corrected chi connectivity index (χ4v) is 5.08. The second-order valence-corrected chi connectivity index (χ2v) is 10.1. The number of nitrogens with one attached hydrogen (secondary N) is 1. The van der Waals surface area contributed by atoms with Gasteiger partial charge < -0.3 is 31.2 Å². The van der Waals surface area contributed by atoms with Crippen LogP contribution in [0.4, 0.5) is 28.4 Å². The Kier molecular flexibility index (Phi) is 8.26. The van der Waals surface area contributed by atoms with Crippen molar-refractivity contribution in [2.75, 3.05) is 11.9 Å². The maximum atomic E-state index is 13.4. The van der Waals surface area contributed by atoms with Gasteiger partial charge in [-0.3, -0.25) is 9.36 Å². The lowest BCUT2D eigenvalue weighted by Crippen LogP contribution is -2.43. The van der Waals surface area contributed by atoms with Gasteiger partial charge in [-0.15, -0.1) is 13.2 Å². The number of Topliss-reactive ketones (excluding diaryl/α,β-unsaturated/α-hetero) is 1. The van der Waals surface area contributed by atoms with Crippen LogP contribution < -0.4 is 26.3 Å². The molecule has 3 amide bonds. The molecule has 5 rings (SSSR count). The summed E-state index contributed by atoms with van der Waals surface area (Å²) in [6.45, 7) is 0.378. The zero-order valence-electron chi connectivity index (χ0n) is 22.7. The van der Waals surface area contributed by atoms with Crippen molar-refractivity contribution < 1.29 is 37.0 Å². The number of halogens is 3. The van der Waals surface area contributed by atoms with Gasteiger partial charge >= 0.3 is 18.4 Å². The molecule has 1 aromatic heterocycles. The Bertz CT molecular complexity index is 1660. The molecule has 0 spiro atoms. The highest BCUT2D eigenvalue weighted by Gasteiger charge is 2.38. The summed E-state index contributed by atoms with van der Waals surface area (Å²) in [5.41, 5.74) is 13.6. The minimum Gasteiger partial charge on any atom is -0.489 e. The summed E-state index contributed by atoms with van der Waals surface area (Å²) in [7, 11) is 0. The number of amides is 3. The van der Waals surface area contributed by atoms with Gasteiger partial charge in [0.1, 0.15) is 18.1 Å². The number of carbonyl (C=O) groups is 3. The van der Waals surface area contributed by atoms with Crippen LogP contribution in [0.3, 0.4) is 0 Å². The van der Waals surface area contributed by atoms with Crippen molar-refractivity contribution in [3.8, 4) is 11.5 Å². The molecule has 1 saturated heterocycles. The van der Waals surface area contributed by atoms with Crippen LogP contribution in [0.1, 0.15) is 17.5 Å². The summed E-state index contributed by atoms with van der Waals surface area (Å²) in [4.78, 5) is 40.1. The molecule has 0 unspecified atom stereocenters. The normalized spacial score (nSPS) is 16.7. The number of alkyl halides is 3. The third kappa shape index (κ3) is 7.07. The van der Waals surface area contributed by atoms with Crippen molar-refractivity contribution in [1.29, 1.82) is 0 Å². The number of anilines is 1. The number of ketones is 1. The molecule has 0 saturated carbocycles. The van der Waals surface area contributed by atoms with Crippen LogP contribution in [-0.2, 0) is 17.8 Å². The molecular formula is C30H28F3N5O5. The number of carbonyl (C=O) groups excluding carboxylic acids is 3. The Morgan fingerprint density at radius 3 is 2.42 bits per heavy atom. The maximum absolute atomic E-state index is 13.4. The van der Waals surface area contributed by atoms with Crippen LogP contribution in [0, 0.1) is 0 Å². The van der Waals surface area contributed by atoms with Crippen molar-refractivity contribution >= 4 is 34.4 Å². The van der Waals surface area contributed by atoms with Crippen molar-refractivity contribution in [2.24, 2.45) is 11.5 Å². The summed E-state index contributed by atoms with van der Waals surface area (Å²) >= 11 is 0. The van der Waals surface area contributed by atoms with E-state index in [-0.39, 0.29) is 25.1 Å². The van der Waals surface area contributed by atoms with Crippen LogP contribution in [0.2, 0.25) is 0 Å². The van der Waals surface area contributed by atoms with Gasteiger partial charge in [-0.25, -0.2) is 9.59 Å². The van der Waals surface area contributed by atoms with Gasteiger partial charge in [-0.05, 0) is 41.8 Å². The molecule has 5 N–H and O–H groups in total. The number of benzene rings is 3. The van der Waals surface area contributed by atoms with Gasteiger partial charge in [0.15, 0.2) is 5.78 Å². The number of ether oxygens (including phenoxy) is 2. The third-order valence-corrected chi connectivity index (χ3v) is 6.98. The standard InChI is InChI=1S/C30H28F3N5O5/c31-30(32,33)43-22-8-4-7-19(11-22)12-27(39)26-13-20(34)15-38(26)29(41)36-24-16-37(28(35)40)25-14-21(9-10-23(24)25)42-17-18-5-2-1-3-6-18/h1-11,14,16,20,26H,12-13,15,17,34H2,(H2,35,40)(H,36,41)/t20-,26-/m0/s1. The summed E-state index contributed by atoms with van der Waals surface area (Å²) in [5.74, 6) is -0.363. The highest BCUT2D eigenvalue weighted by molar-refractivity contribution is 6.06. The highest BCUT2D eigenvalue weighted by Crippen LogP contribution is 2.31. The Morgan fingerprint density at radius 2 is 1.70 bits per heavy atom. The maximum Gasteiger partial charge on any atom is 0.573 e. The fraction of sp³-hybridized carbons (Fsp3) is 0.233. The quantitative estimate of drug-likeness (QED) is 0.267. The third-order valence-electron chi connectivity index (χ3n) is 6.98. The predicted molar refractivity (Wildman–Crippen MR) is 152 cm³/mol. The van der Waals surface area contributed by atoms with Crippen LogP contribution >= 0.6 is 0 Å². The number of nitrogens with two attached hydrogens (primary N) is 2. The lowest BCUT2D eigenvalue weighted by atomic mass is 10.0. The molecule has 224 valence electrons. The number of aromatic nitrogens is 1. The Morgan fingerprint density at radius 1 is 0.953 bits per heavy atom. The molecule has 1 aliphatic rings. The number of likely N-dealkylation sites (tertiary alicyclic amines) is 1. The first-order chi connectivity index (χ1) is 20.5. The van der Waals surface area contributed by atoms with E-state index in [4.69, 9.17) is 16.2 Å². The second-order valence-electron chi connectivity index (χ2n) is 10.1. The van der Waals surface area contributed by atoms with Crippen molar-refractivity contribution in [2.45, 2.75) is 37.9 Å². The molecule has 0 bridgehead atoms. The average molecular weight is 596 g/mol. The highest BCUT2D eigenvalue weighted by atomic mass is 19.4. The number of hydrogen-bond acceptors (Lipinski definition) is 6. The van der Waals surface area contributed by atoms with E-state index in [0.717, 1.165) is 17.7 Å². The van der Waals surface area contributed by atoms with E-state index in [1.54, 1.807) is 18.2 Å². The van der Waals surface area contributed by atoms with Gasteiger partial charge in [0.2, 0.25) is 0 Å². The molecule has 1 fully saturated rings. The van der Waals surface area contributed by atoms with Crippen LogP contribution in [0.25, 0.3) is 10.9 Å². The lowest BCUT2D eigenvalue weighted by Gasteiger charge is -2.24. The first-order valence-corrected chi connectivity index (χ1v) is 13.3. The minimum absolute atomic E-state index is 0.0748. The molecule has 3 aromatic carbocycles. The number of hydrogen-bond donors (Lipinski definition) is 3.